The Bertz CT molecular complexity index is 1590. The summed E-state index contributed by atoms with van der Waals surface area (Å²) < 4.78 is 27.6. The standard InChI is InChI=1S/C28H25N3O7/c1-4-34-21-8-5-19(6-9-21)31-28-23(27(33)30-20-7-10-24-25(11-20)37-15-36-24)12-22-18(14-35-17(3)32)13-29-16(2)26(22)38-28/h5-13H,4,14-15H2,1-3H3,(H,30,33). The van der Waals surface area contributed by atoms with Gasteiger partial charge in [0.2, 0.25) is 12.3 Å². The number of hydrogen-bond acceptors (Lipinski definition) is 9. The van der Waals surface area contributed by atoms with Crippen LogP contribution in [0.2, 0.25) is 0 Å². The topological polar surface area (TPSA) is 121 Å². The van der Waals surface area contributed by atoms with Gasteiger partial charge in [-0.15, -0.1) is 0 Å². The zero-order chi connectivity index (χ0) is 26.6. The van der Waals surface area contributed by atoms with Crippen LogP contribution in [0, 0.1) is 6.92 Å². The summed E-state index contributed by atoms with van der Waals surface area (Å²) in [7, 11) is 0. The maximum Gasteiger partial charge on any atom is 0.302 e. The van der Waals surface area contributed by atoms with Gasteiger partial charge < -0.3 is 28.7 Å². The third-order valence-corrected chi connectivity index (χ3v) is 5.74. The van der Waals surface area contributed by atoms with E-state index in [4.69, 9.17) is 23.4 Å². The minimum atomic E-state index is -0.452. The fourth-order valence-electron chi connectivity index (χ4n) is 3.90. The molecule has 2 aromatic heterocycles. The van der Waals surface area contributed by atoms with Crippen molar-refractivity contribution in [3.8, 4) is 17.2 Å². The first kappa shape index (κ1) is 24.8. The Morgan fingerprint density at radius 2 is 1.87 bits per heavy atom. The lowest BCUT2D eigenvalue weighted by atomic mass is 10.1. The number of ether oxygens (including phenoxy) is 4. The summed E-state index contributed by atoms with van der Waals surface area (Å²) in [5.41, 5.74) is 2.96. The number of nitrogens with zero attached hydrogens (tertiary/aromatic N) is 2. The van der Waals surface area contributed by atoms with Crippen LogP contribution >= 0.6 is 0 Å². The number of aromatic nitrogens is 1. The highest BCUT2D eigenvalue weighted by Crippen LogP contribution is 2.34. The number of benzene rings is 2. The zero-order valence-electron chi connectivity index (χ0n) is 21.1. The van der Waals surface area contributed by atoms with Crippen LogP contribution in [-0.2, 0) is 16.1 Å². The predicted molar refractivity (Wildman–Crippen MR) is 138 cm³/mol. The summed E-state index contributed by atoms with van der Waals surface area (Å²) in [6.45, 7) is 5.67. The Hall–Kier alpha value is -4.86. The number of nitrogens with one attached hydrogen (secondary N) is 1. The second kappa shape index (κ2) is 10.6. The van der Waals surface area contributed by atoms with E-state index in [9.17, 15) is 9.59 Å². The molecule has 1 N–H and O–H groups in total. The molecule has 194 valence electrons. The summed E-state index contributed by atoms with van der Waals surface area (Å²) >= 11 is 0. The van der Waals surface area contributed by atoms with Crippen molar-refractivity contribution in [2.45, 2.75) is 27.4 Å². The van der Waals surface area contributed by atoms with Crippen molar-refractivity contribution < 1.29 is 33.0 Å². The number of pyridine rings is 1. The Morgan fingerprint density at radius 3 is 2.63 bits per heavy atom. The molecule has 1 aliphatic rings. The number of carbonyl (C=O) groups is 2. The maximum atomic E-state index is 13.5. The molecular formula is C28H25N3O7. The molecule has 4 aromatic rings. The van der Waals surface area contributed by atoms with Crippen molar-refractivity contribution in [3.05, 3.63) is 77.1 Å². The molecule has 1 aliphatic heterocycles. The molecule has 0 radical (unpaired) electrons. The van der Waals surface area contributed by atoms with Gasteiger partial charge in [0.1, 0.15) is 17.9 Å². The molecule has 5 rings (SSSR count). The van der Waals surface area contributed by atoms with E-state index in [2.05, 4.69) is 15.3 Å². The molecule has 3 heterocycles. The van der Waals surface area contributed by atoms with Crippen LogP contribution < -0.4 is 25.1 Å². The van der Waals surface area contributed by atoms with E-state index < -0.39 is 11.9 Å². The number of esters is 1. The number of aryl methyl sites for hydroxylation is 1. The van der Waals surface area contributed by atoms with Crippen molar-refractivity contribution >= 4 is 34.2 Å². The van der Waals surface area contributed by atoms with E-state index in [1.807, 2.05) is 6.92 Å². The molecule has 38 heavy (non-hydrogen) atoms. The van der Waals surface area contributed by atoms with Gasteiger partial charge in [-0.3, -0.25) is 14.6 Å². The average molecular weight is 516 g/mol. The molecule has 0 unspecified atom stereocenters. The summed E-state index contributed by atoms with van der Waals surface area (Å²) in [4.78, 5) is 34.0. The van der Waals surface area contributed by atoms with Crippen LogP contribution in [0.5, 0.6) is 17.2 Å². The van der Waals surface area contributed by atoms with Crippen LogP contribution in [0.3, 0.4) is 0 Å². The Balaban J connectivity index is 1.61. The van der Waals surface area contributed by atoms with Crippen molar-refractivity contribution in [2.24, 2.45) is 4.99 Å². The van der Waals surface area contributed by atoms with Crippen LogP contribution in [0.25, 0.3) is 11.0 Å². The van der Waals surface area contributed by atoms with Crippen LogP contribution in [-0.4, -0.2) is 30.3 Å². The molecule has 0 aliphatic carbocycles. The van der Waals surface area contributed by atoms with Gasteiger partial charge in [-0.05, 0) is 56.3 Å². The van der Waals surface area contributed by atoms with Crippen molar-refractivity contribution in [1.29, 1.82) is 0 Å². The lowest BCUT2D eigenvalue weighted by Crippen LogP contribution is -2.22. The number of rotatable bonds is 7. The largest absolute Gasteiger partial charge is 0.494 e. The van der Waals surface area contributed by atoms with E-state index in [1.165, 1.54) is 6.92 Å². The minimum Gasteiger partial charge on any atom is -0.494 e. The third kappa shape index (κ3) is 5.29. The first-order chi connectivity index (χ1) is 18.4. The third-order valence-electron chi connectivity index (χ3n) is 5.74. The highest BCUT2D eigenvalue weighted by atomic mass is 16.7. The van der Waals surface area contributed by atoms with Gasteiger partial charge in [-0.1, -0.05) is 0 Å². The zero-order valence-corrected chi connectivity index (χ0v) is 21.1. The molecule has 0 bridgehead atoms. The van der Waals surface area contributed by atoms with E-state index in [0.717, 1.165) is 0 Å². The second-order valence-corrected chi connectivity index (χ2v) is 8.42. The minimum absolute atomic E-state index is 0.0206. The smallest absolute Gasteiger partial charge is 0.302 e. The first-order valence-corrected chi connectivity index (χ1v) is 12.0. The van der Waals surface area contributed by atoms with Crippen LogP contribution in [0.4, 0.5) is 11.4 Å². The fourth-order valence-corrected chi connectivity index (χ4v) is 3.90. The number of hydrogen-bond donors (Lipinski definition) is 1. The predicted octanol–water partition coefficient (Wildman–Crippen LogP) is 4.81. The average Bonchev–Trinajstić information content (AvgIpc) is 3.37. The summed E-state index contributed by atoms with van der Waals surface area (Å²) in [6, 6.07) is 13.9. The fraction of sp³-hybridized carbons (Fsp3) is 0.214. The van der Waals surface area contributed by atoms with Gasteiger partial charge in [0.25, 0.3) is 5.91 Å². The van der Waals surface area contributed by atoms with E-state index in [0.29, 0.717) is 57.5 Å². The SMILES string of the molecule is CCOc1ccc(N=c2oc3c(C)ncc(COC(C)=O)c3cc2C(=O)Nc2ccc3c(c2)OCO3)cc1. The van der Waals surface area contributed by atoms with Gasteiger partial charge in [0.05, 0.1) is 18.0 Å². The molecule has 10 nitrogen and oxygen atoms in total. The lowest BCUT2D eigenvalue weighted by molar-refractivity contribution is -0.142. The Labute approximate surface area is 217 Å². The highest BCUT2D eigenvalue weighted by molar-refractivity contribution is 6.05. The molecule has 0 saturated carbocycles. The Morgan fingerprint density at radius 1 is 1.08 bits per heavy atom. The van der Waals surface area contributed by atoms with Gasteiger partial charge in [0, 0.05) is 35.8 Å². The number of carbonyl (C=O) groups excluding carboxylic acids is 2. The molecule has 1 amide bonds. The van der Waals surface area contributed by atoms with Gasteiger partial charge in [-0.2, -0.15) is 0 Å². The van der Waals surface area contributed by atoms with Crippen LogP contribution in [0.15, 0.2) is 64.1 Å². The summed E-state index contributed by atoms with van der Waals surface area (Å²) in [6.07, 6.45) is 1.60. The monoisotopic (exact) mass is 515 g/mol. The molecule has 0 atom stereocenters. The van der Waals surface area contributed by atoms with E-state index in [-0.39, 0.29) is 24.5 Å². The first-order valence-electron chi connectivity index (χ1n) is 12.0. The van der Waals surface area contributed by atoms with Gasteiger partial charge in [0.15, 0.2) is 17.1 Å². The summed E-state index contributed by atoms with van der Waals surface area (Å²) in [5, 5.41) is 3.46. The van der Waals surface area contributed by atoms with Crippen molar-refractivity contribution in [3.63, 3.8) is 0 Å². The van der Waals surface area contributed by atoms with E-state index in [1.54, 1.807) is 61.7 Å². The molecule has 0 spiro atoms. The van der Waals surface area contributed by atoms with Crippen molar-refractivity contribution in [2.75, 3.05) is 18.7 Å². The molecule has 2 aromatic carbocycles. The molecule has 0 saturated heterocycles. The normalized spacial score (nSPS) is 12.4. The number of amides is 1. The molecule has 10 heteroatoms. The van der Waals surface area contributed by atoms with Gasteiger partial charge >= 0.3 is 5.97 Å². The molecular weight excluding hydrogens is 490 g/mol. The van der Waals surface area contributed by atoms with Crippen LogP contribution in [0.1, 0.15) is 35.5 Å². The second-order valence-electron chi connectivity index (χ2n) is 8.42. The van der Waals surface area contributed by atoms with Gasteiger partial charge in [-0.25, -0.2) is 4.99 Å². The number of anilines is 1. The lowest BCUT2D eigenvalue weighted by Gasteiger charge is -2.11. The highest BCUT2D eigenvalue weighted by Gasteiger charge is 2.19. The Kier molecular flexibility index (Phi) is 6.94. The van der Waals surface area contributed by atoms with E-state index >= 15 is 0 Å². The number of fused-ring (bicyclic) bond motifs is 2. The quantitative estimate of drug-likeness (QED) is 0.348. The molecule has 0 fully saturated rings. The maximum absolute atomic E-state index is 13.5. The summed E-state index contributed by atoms with van der Waals surface area (Å²) in [5.74, 6) is 0.965. The van der Waals surface area contributed by atoms with Crippen molar-refractivity contribution in [1.82, 2.24) is 4.98 Å².